The van der Waals surface area contributed by atoms with Gasteiger partial charge < -0.3 is 5.73 Å². The molecule has 0 heterocycles. The molecule has 0 spiro atoms. The van der Waals surface area contributed by atoms with Crippen molar-refractivity contribution in [3.8, 4) is 6.07 Å². The van der Waals surface area contributed by atoms with Gasteiger partial charge in [-0.1, -0.05) is 18.9 Å². The van der Waals surface area contributed by atoms with Crippen LogP contribution in [-0.2, 0) is 10.0 Å². The maximum atomic E-state index is 13.5. The first-order chi connectivity index (χ1) is 9.45. The van der Waals surface area contributed by atoms with E-state index in [-0.39, 0.29) is 17.0 Å². The lowest BCUT2D eigenvalue weighted by Crippen LogP contribution is -2.49. The topological polar surface area (TPSA) is 96.0 Å². The molecule has 5 nitrogen and oxygen atoms in total. The molecule has 1 aromatic carbocycles. The highest BCUT2D eigenvalue weighted by Gasteiger charge is 2.29. The van der Waals surface area contributed by atoms with Crippen LogP contribution in [0.2, 0.25) is 0 Å². The standard InChI is InChI=1S/C13H16FN3O2S/c14-10-4-3-7-13(9(10)8-15)20(18,19)17-12-6-2-1-5-11(12)16/h3-4,7,11-12,17H,1-2,5-6,16H2. The molecule has 3 N–H and O–H groups in total. The summed E-state index contributed by atoms with van der Waals surface area (Å²) in [4.78, 5) is -0.335. The third-order valence-corrected chi connectivity index (χ3v) is 5.03. The molecule has 0 aliphatic heterocycles. The first-order valence-corrected chi connectivity index (χ1v) is 7.90. The molecular weight excluding hydrogens is 281 g/mol. The third-order valence-electron chi connectivity index (χ3n) is 3.50. The Balaban J connectivity index is 2.32. The summed E-state index contributed by atoms with van der Waals surface area (Å²) in [6.45, 7) is 0. The fourth-order valence-corrected chi connectivity index (χ4v) is 3.89. The van der Waals surface area contributed by atoms with Gasteiger partial charge in [0.25, 0.3) is 0 Å². The van der Waals surface area contributed by atoms with Gasteiger partial charge in [-0.25, -0.2) is 17.5 Å². The van der Waals surface area contributed by atoms with Gasteiger partial charge in [-0.15, -0.1) is 0 Å². The Morgan fingerprint density at radius 3 is 2.70 bits per heavy atom. The molecule has 2 rings (SSSR count). The second-order valence-corrected chi connectivity index (χ2v) is 6.58. The second-order valence-electron chi connectivity index (χ2n) is 4.90. The Hall–Kier alpha value is -1.49. The zero-order valence-corrected chi connectivity index (χ0v) is 11.7. The normalized spacial score (nSPS) is 23.2. The molecule has 108 valence electrons. The van der Waals surface area contributed by atoms with E-state index in [4.69, 9.17) is 11.0 Å². The number of hydrogen-bond donors (Lipinski definition) is 2. The number of hydrogen-bond acceptors (Lipinski definition) is 4. The average Bonchev–Trinajstić information content (AvgIpc) is 2.41. The number of nitriles is 1. The first kappa shape index (κ1) is 14.9. The summed E-state index contributed by atoms with van der Waals surface area (Å²) in [5, 5.41) is 8.91. The smallest absolute Gasteiger partial charge is 0.242 e. The van der Waals surface area contributed by atoms with Gasteiger partial charge in [0.15, 0.2) is 0 Å². The molecule has 1 fully saturated rings. The summed E-state index contributed by atoms with van der Waals surface area (Å²) in [6, 6.07) is 4.52. The van der Waals surface area contributed by atoms with E-state index in [0.29, 0.717) is 6.42 Å². The molecule has 1 saturated carbocycles. The average molecular weight is 297 g/mol. The van der Waals surface area contributed by atoms with E-state index >= 15 is 0 Å². The van der Waals surface area contributed by atoms with Gasteiger partial charge in [0.05, 0.1) is 0 Å². The quantitative estimate of drug-likeness (QED) is 0.877. The summed E-state index contributed by atoms with van der Waals surface area (Å²) >= 11 is 0. The lowest BCUT2D eigenvalue weighted by atomic mass is 9.92. The lowest BCUT2D eigenvalue weighted by molar-refractivity contribution is 0.361. The zero-order chi connectivity index (χ0) is 14.8. The van der Waals surface area contributed by atoms with Crippen molar-refractivity contribution in [1.29, 1.82) is 5.26 Å². The van der Waals surface area contributed by atoms with Gasteiger partial charge in [0.1, 0.15) is 22.3 Å². The molecule has 2 unspecified atom stereocenters. The zero-order valence-electron chi connectivity index (χ0n) is 10.8. The molecule has 20 heavy (non-hydrogen) atoms. The van der Waals surface area contributed by atoms with E-state index < -0.39 is 21.4 Å². The fraction of sp³-hybridized carbons (Fsp3) is 0.462. The predicted molar refractivity (Wildman–Crippen MR) is 71.7 cm³/mol. The Morgan fingerprint density at radius 1 is 1.35 bits per heavy atom. The van der Waals surface area contributed by atoms with Crippen molar-refractivity contribution in [3.63, 3.8) is 0 Å². The lowest BCUT2D eigenvalue weighted by Gasteiger charge is -2.29. The number of nitrogens with one attached hydrogen (secondary N) is 1. The largest absolute Gasteiger partial charge is 0.326 e. The van der Waals surface area contributed by atoms with Crippen LogP contribution in [0.1, 0.15) is 31.2 Å². The molecule has 0 aromatic heterocycles. The Kier molecular flexibility index (Phi) is 4.38. The Morgan fingerprint density at radius 2 is 2.05 bits per heavy atom. The number of benzene rings is 1. The van der Waals surface area contributed by atoms with E-state index in [0.717, 1.165) is 25.3 Å². The van der Waals surface area contributed by atoms with Gasteiger partial charge >= 0.3 is 0 Å². The molecule has 2 atom stereocenters. The van der Waals surface area contributed by atoms with E-state index in [1.165, 1.54) is 12.1 Å². The monoisotopic (exact) mass is 297 g/mol. The third kappa shape index (κ3) is 2.98. The maximum absolute atomic E-state index is 13.5. The van der Waals surface area contributed by atoms with Crippen molar-refractivity contribution in [1.82, 2.24) is 4.72 Å². The fourth-order valence-electron chi connectivity index (χ4n) is 2.41. The summed E-state index contributed by atoms with van der Waals surface area (Å²) in [5.74, 6) is -0.844. The van der Waals surface area contributed by atoms with E-state index in [1.807, 2.05) is 0 Å². The van der Waals surface area contributed by atoms with Crippen molar-refractivity contribution < 1.29 is 12.8 Å². The number of halogens is 1. The Labute approximate surface area is 117 Å². The van der Waals surface area contributed by atoms with Crippen molar-refractivity contribution in [2.24, 2.45) is 5.73 Å². The molecule has 0 bridgehead atoms. The van der Waals surface area contributed by atoms with Gasteiger partial charge in [-0.05, 0) is 25.0 Å². The van der Waals surface area contributed by atoms with Gasteiger partial charge in [-0.2, -0.15) is 5.26 Å². The molecular formula is C13H16FN3O2S. The summed E-state index contributed by atoms with van der Waals surface area (Å²) in [5.41, 5.74) is 5.43. The maximum Gasteiger partial charge on any atom is 0.242 e. The highest BCUT2D eigenvalue weighted by molar-refractivity contribution is 7.89. The molecule has 1 aliphatic carbocycles. The van der Waals surface area contributed by atoms with Crippen LogP contribution in [0.15, 0.2) is 23.1 Å². The van der Waals surface area contributed by atoms with Crippen LogP contribution in [-0.4, -0.2) is 20.5 Å². The van der Waals surface area contributed by atoms with Crippen LogP contribution >= 0.6 is 0 Å². The van der Waals surface area contributed by atoms with Crippen LogP contribution < -0.4 is 10.5 Å². The van der Waals surface area contributed by atoms with Crippen LogP contribution in [0.5, 0.6) is 0 Å². The van der Waals surface area contributed by atoms with Crippen molar-refractivity contribution in [3.05, 3.63) is 29.6 Å². The number of nitrogens with zero attached hydrogens (tertiary/aromatic N) is 1. The molecule has 0 amide bonds. The first-order valence-electron chi connectivity index (χ1n) is 6.42. The van der Waals surface area contributed by atoms with Gasteiger partial charge in [0.2, 0.25) is 10.0 Å². The second kappa shape index (κ2) is 5.87. The van der Waals surface area contributed by atoms with E-state index in [1.54, 1.807) is 6.07 Å². The van der Waals surface area contributed by atoms with E-state index in [9.17, 15) is 12.8 Å². The predicted octanol–water partition coefficient (Wildman–Crippen LogP) is 1.25. The van der Waals surface area contributed by atoms with Crippen molar-refractivity contribution >= 4 is 10.0 Å². The molecule has 0 saturated heterocycles. The summed E-state index contributed by atoms with van der Waals surface area (Å²) in [6.07, 6.45) is 3.27. The Bertz CT molecular complexity index is 640. The van der Waals surface area contributed by atoms with Crippen LogP contribution in [0, 0.1) is 17.1 Å². The minimum atomic E-state index is -3.95. The summed E-state index contributed by atoms with van der Waals surface area (Å²) in [7, 11) is -3.95. The highest BCUT2D eigenvalue weighted by Crippen LogP contribution is 2.22. The minimum Gasteiger partial charge on any atom is -0.326 e. The SMILES string of the molecule is N#Cc1c(F)cccc1S(=O)(=O)NC1CCCCC1N. The molecule has 0 radical (unpaired) electrons. The van der Waals surface area contributed by atoms with Gasteiger partial charge in [0, 0.05) is 12.1 Å². The number of nitrogens with two attached hydrogens (primary N) is 1. The van der Waals surface area contributed by atoms with Gasteiger partial charge in [-0.3, -0.25) is 0 Å². The molecule has 1 aromatic rings. The molecule has 7 heteroatoms. The molecule has 1 aliphatic rings. The van der Waals surface area contributed by atoms with Crippen molar-refractivity contribution in [2.75, 3.05) is 0 Å². The number of rotatable bonds is 3. The highest BCUT2D eigenvalue weighted by atomic mass is 32.2. The van der Waals surface area contributed by atoms with Crippen molar-refractivity contribution in [2.45, 2.75) is 42.7 Å². The minimum absolute atomic E-state index is 0.252. The summed E-state index contributed by atoms with van der Waals surface area (Å²) < 4.78 is 40.6. The van der Waals surface area contributed by atoms with Crippen LogP contribution in [0.3, 0.4) is 0 Å². The van der Waals surface area contributed by atoms with Crippen LogP contribution in [0.25, 0.3) is 0 Å². The van der Waals surface area contributed by atoms with Crippen LogP contribution in [0.4, 0.5) is 4.39 Å². The number of sulfonamides is 1. The van der Waals surface area contributed by atoms with E-state index in [2.05, 4.69) is 4.72 Å².